The quantitative estimate of drug-likeness (QED) is 0.888. The highest BCUT2D eigenvalue weighted by atomic mass is 35.5. The maximum atomic E-state index is 11.2. The fourth-order valence-corrected chi connectivity index (χ4v) is 1.91. The number of primary amides is 1. The average Bonchev–Trinajstić information content (AvgIpc) is 2.40. The third-order valence-corrected chi connectivity index (χ3v) is 2.92. The van der Waals surface area contributed by atoms with Gasteiger partial charge in [0, 0.05) is 19.6 Å². The Hall–Kier alpha value is -1.01. The van der Waals surface area contributed by atoms with Gasteiger partial charge in [-0.2, -0.15) is 0 Å². The molecule has 2 N–H and O–H groups in total. The molecule has 0 bridgehead atoms. The lowest BCUT2D eigenvalue weighted by Gasteiger charge is -2.26. The molecule has 1 aliphatic heterocycles. The lowest BCUT2D eigenvalue weighted by molar-refractivity contribution is 0.0322. The van der Waals surface area contributed by atoms with E-state index in [0.29, 0.717) is 17.9 Å². The van der Waals surface area contributed by atoms with Gasteiger partial charge in [0.15, 0.2) is 0 Å². The van der Waals surface area contributed by atoms with Crippen molar-refractivity contribution in [3.63, 3.8) is 0 Å². The van der Waals surface area contributed by atoms with Crippen molar-refractivity contribution in [3.05, 3.63) is 29.8 Å². The second-order valence-corrected chi connectivity index (χ2v) is 4.16. The number of carbonyl (C=O) groups excluding carboxylic acids is 1. The zero-order valence-corrected chi connectivity index (χ0v) is 12.8. The summed E-state index contributed by atoms with van der Waals surface area (Å²) in [7, 11) is 0. The highest BCUT2D eigenvalue weighted by molar-refractivity contribution is 5.95. The summed E-state index contributed by atoms with van der Waals surface area (Å²) in [6.45, 7) is 4.79. The summed E-state index contributed by atoms with van der Waals surface area (Å²) in [6, 6.07) is 7.04. The fourth-order valence-electron chi connectivity index (χ4n) is 1.91. The van der Waals surface area contributed by atoms with Crippen molar-refractivity contribution >= 4 is 30.7 Å². The molecule has 1 saturated heterocycles. The first-order chi connectivity index (χ1) is 8.77. The van der Waals surface area contributed by atoms with Crippen LogP contribution in [0.5, 0.6) is 5.75 Å². The molecule has 5 nitrogen and oxygen atoms in total. The van der Waals surface area contributed by atoms with E-state index in [1.54, 1.807) is 18.2 Å². The lowest BCUT2D eigenvalue weighted by Crippen LogP contribution is -2.38. The van der Waals surface area contributed by atoms with Gasteiger partial charge in [0.2, 0.25) is 0 Å². The maximum absolute atomic E-state index is 11.2. The molecule has 0 radical (unpaired) electrons. The van der Waals surface area contributed by atoms with Gasteiger partial charge in [-0.1, -0.05) is 12.1 Å². The summed E-state index contributed by atoms with van der Waals surface area (Å²) in [5, 5.41) is 0. The van der Waals surface area contributed by atoms with E-state index in [4.69, 9.17) is 15.2 Å². The van der Waals surface area contributed by atoms with E-state index in [1.807, 2.05) is 6.07 Å². The Balaban J connectivity index is 0.00000180. The Morgan fingerprint density at radius 3 is 2.55 bits per heavy atom. The fraction of sp³-hybridized carbons (Fsp3) is 0.462. The minimum absolute atomic E-state index is 0. The summed E-state index contributed by atoms with van der Waals surface area (Å²) >= 11 is 0. The van der Waals surface area contributed by atoms with E-state index in [-0.39, 0.29) is 24.8 Å². The van der Waals surface area contributed by atoms with Crippen molar-refractivity contribution in [2.24, 2.45) is 5.73 Å². The summed E-state index contributed by atoms with van der Waals surface area (Å²) in [4.78, 5) is 13.5. The Morgan fingerprint density at radius 2 is 1.90 bits per heavy atom. The standard InChI is InChI=1S/C13H18N2O3.2ClH/c14-13(16)11-3-1-2-4-12(11)18-10-7-15-5-8-17-9-6-15;;/h1-4H,5-10H2,(H2,14,16);2*1H. The highest BCUT2D eigenvalue weighted by Gasteiger charge is 2.11. The smallest absolute Gasteiger partial charge is 0.252 e. The number of benzene rings is 1. The molecular formula is C13H20Cl2N2O3. The summed E-state index contributed by atoms with van der Waals surface area (Å²) in [5.74, 6) is 0.0928. The second kappa shape index (κ2) is 9.83. The number of nitrogens with two attached hydrogens (primary N) is 1. The molecule has 2 rings (SSSR count). The number of hydrogen-bond acceptors (Lipinski definition) is 4. The number of halogens is 2. The van der Waals surface area contributed by atoms with Crippen LogP contribution in [0.4, 0.5) is 0 Å². The first-order valence-electron chi connectivity index (χ1n) is 6.09. The van der Waals surface area contributed by atoms with Gasteiger partial charge in [0.05, 0.1) is 18.8 Å². The van der Waals surface area contributed by atoms with Gasteiger partial charge in [-0.25, -0.2) is 0 Å². The third kappa shape index (κ3) is 5.54. The Bertz CT molecular complexity index is 412. The number of carbonyl (C=O) groups is 1. The van der Waals surface area contributed by atoms with Crippen LogP contribution in [0.2, 0.25) is 0 Å². The van der Waals surface area contributed by atoms with Crippen LogP contribution in [-0.4, -0.2) is 50.3 Å². The van der Waals surface area contributed by atoms with Crippen molar-refractivity contribution in [2.45, 2.75) is 0 Å². The molecule has 0 aromatic heterocycles. The SMILES string of the molecule is Cl.Cl.NC(=O)c1ccccc1OCCN1CCOCC1. The Kier molecular flexibility index (Phi) is 9.33. The summed E-state index contributed by atoms with van der Waals surface area (Å²) in [5.41, 5.74) is 5.71. The summed E-state index contributed by atoms with van der Waals surface area (Å²) in [6.07, 6.45) is 0. The normalized spacial score (nSPS) is 14.8. The first-order valence-corrected chi connectivity index (χ1v) is 6.09. The number of nitrogens with zero attached hydrogens (tertiary/aromatic N) is 1. The number of ether oxygens (including phenoxy) is 2. The van der Waals surface area contributed by atoms with E-state index in [0.717, 1.165) is 32.8 Å². The zero-order chi connectivity index (χ0) is 12.8. The molecule has 1 aromatic rings. The molecule has 114 valence electrons. The molecule has 1 heterocycles. The maximum Gasteiger partial charge on any atom is 0.252 e. The molecular weight excluding hydrogens is 303 g/mol. The zero-order valence-electron chi connectivity index (χ0n) is 11.1. The topological polar surface area (TPSA) is 64.8 Å². The first kappa shape index (κ1) is 19.0. The van der Waals surface area contributed by atoms with Crippen molar-refractivity contribution in [2.75, 3.05) is 39.5 Å². The van der Waals surface area contributed by atoms with Crippen LogP contribution in [0.1, 0.15) is 10.4 Å². The minimum Gasteiger partial charge on any atom is -0.491 e. The number of amides is 1. The monoisotopic (exact) mass is 322 g/mol. The molecule has 1 aliphatic rings. The van der Waals surface area contributed by atoms with Crippen LogP contribution in [0.15, 0.2) is 24.3 Å². The van der Waals surface area contributed by atoms with Gasteiger partial charge >= 0.3 is 0 Å². The van der Waals surface area contributed by atoms with E-state index in [2.05, 4.69) is 4.90 Å². The van der Waals surface area contributed by atoms with Crippen molar-refractivity contribution < 1.29 is 14.3 Å². The van der Waals surface area contributed by atoms with Crippen LogP contribution in [0.3, 0.4) is 0 Å². The molecule has 7 heteroatoms. The van der Waals surface area contributed by atoms with Crippen molar-refractivity contribution in [1.29, 1.82) is 0 Å². The van der Waals surface area contributed by atoms with Gasteiger partial charge < -0.3 is 15.2 Å². The molecule has 0 spiro atoms. The largest absolute Gasteiger partial charge is 0.491 e. The average molecular weight is 323 g/mol. The van der Waals surface area contributed by atoms with Crippen molar-refractivity contribution in [3.8, 4) is 5.75 Å². The van der Waals surface area contributed by atoms with E-state index >= 15 is 0 Å². The van der Waals surface area contributed by atoms with Gasteiger partial charge in [0.1, 0.15) is 12.4 Å². The Morgan fingerprint density at radius 1 is 1.25 bits per heavy atom. The number of para-hydroxylation sites is 1. The molecule has 0 unspecified atom stereocenters. The van der Waals surface area contributed by atoms with Crippen LogP contribution < -0.4 is 10.5 Å². The third-order valence-electron chi connectivity index (χ3n) is 2.92. The van der Waals surface area contributed by atoms with Gasteiger partial charge in [-0.3, -0.25) is 9.69 Å². The molecule has 1 amide bonds. The molecule has 0 atom stereocenters. The number of rotatable bonds is 5. The van der Waals surface area contributed by atoms with Crippen molar-refractivity contribution in [1.82, 2.24) is 4.90 Å². The predicted molar refractivity (Wildman–Crippen MR) is 82.2 cm³/mol. The molecule has 1 fully saturated rings. The minimum atomic E-state index is -0.461. The van der Waals surface area contributed by atoms with Crippen LogP contribution in [0.25, 0.3) is 0 Å². The van der Waals surface area contributed by atoms with Crippen LogP contribution >= 0.6 is 24.8 Å². The predicted octanol–water partition coefficient (Wildman–Crippen LogP) is 1.34. The number of hydrogen-bond donors (Lipinski definition) is 1. The highest BCUT2D eigenvalue weighted by Crippen LogP contribution is 2.17. The molecule has 1 aromatic carbocycles. The van der Waals surface area contributed by atoms with Crippen LogP contribution in [-0.2, 0) is 4.74 Å². The van der Waals surface area contributed by atoms with E-state index < -0.39 is 5.91 Å². The lowest BCUT2D eigenvalue weighted by atomic mass is 10.2. The van der Waals surface area contributed by atoms with E-state index in [1.165, 1.54) is 0 Å². The molecule has 0 saturated carbocycles. The Labute approximate surface area is 131 Å². The number of morpholine rings is 1. The molecule has 0 aliphatic carbocycles. The summed E-state index contributed by atoms with van der Waals surface area (Å²) < 4.78 is 10.9. The van der Waals surface area contributed by atoms with Gasteiger partial charge in [0.25, 0.3) is 5.91 Å². The van der Waals surface area contributed by atoms with E-state index in [9.17, 15) is 4.79 Å². The van der Waals surface area contributed by atoms with Crippen LogP contribution in [0, 0.1) is 0 Å². The van der Waals surface area contributed by atoms with Gasteiger partial charge in [-0.05, 0) is 12.1 Å². The molecule has 20 heavy (non-hydrogen) atoms. The second-order valence-electron chi connectivity index (χ2n) is 4.16. The van der Waals surface area contributed by atoms with Gasteiger partial charge in [-0.15, -0.1) is 24.8 Å².